The zero-order valence-electron chi connectivity index (χ0n) is 12.3. The van der Waals surface area contributed by atoms with Gasteiger partial charge in [0.25, 0.3) is 0 Å². The van der Waals surface area contributed by atoms with Crippen molar-refractivity contribution in [3.05, 3.63) is 66.2 Å². The van der Waals surface area contributed by atoms with Crippen molar-refractivity contribution < 1.29 is 4.79 Å². The van der Waals surface area contributed by atoms with E-state index in [1.54, 1.807) is 0 Å². The maximum Gasteiger partial charge on any atom is 0.319 e. The molecule has 0 aliphatic carbocycles. The smallest absolute Gasteiger partial charge is 0.319 e. The molecule has 20 heavy (non-hydrogen) atoms. The number of urea groups is 1. The highest BCUT2D eigenvalue weighted by atomic mass is 16.2. The van der Waals surface area contributed by atoms with Gasteiger partial charge in [0, 0.05) is 11.7 Å². The average Bonchev–Trinajstić information content (AvgIpc) is 2.43. The fourth-order valence-electron chi connectivity index (χ4n) is 1.52. The summed E-state index contributed by atoms with van der Waals surface area (Å²) in [6.45, 7) is 5.82. The van der Waals surface area contributed by atoms with Crippen LogP contribution in [-0.2, 0) is 0 Å². The van der Waals surface area contributed by atoms with Crippen molar-refractivity contribution in [2.75, 3.05) is 5.32 Å². The van der Waals surface area contributed by atoms with Crippen LogP contribution in [0, 0.1) is 6.92 Å². The summed E-state index contributed by atoms with van der Waals surface area (Å²) < 4.78 is 0. The number of benzene rings is 2. The number of rotatable bonds is 2. The first kappa shape index (κ1) is 15.8. The van der Waals surface area contributed by atoms with Crippen molar-refractivity contribution >= 4 is 11.7 Å². The van der Waals surface area contributed by atoms with Crippen LogP contribution < -0.4 is 10.6 Å². The van der Waals surface area contributed by atoms with Gasteiger partial charge in [-0.05, 0) is 32.4 Å². The summed E-state index contributed by atoms with van der Waals surface area (Å²) in [6.07, 6.45) is 0. The minimum absolute atomic E-state index is 0.152. The van der Waals surface area contributed by atoms with E-state index in [9.17, 15) is 4.79 Å². The molecular weight excluding hydrogens is 248 g/mol. The van der Waals surface area contributed by atoms with Crippen LogP contribution >= 0.6 is 0 Å². The van der Waals surface area contributed by atoms with Crippen molar-refractivity contribution in [1.29, 1.82) is 0 Å². The zero-order chi connectivity index (χ0) is 14.8. The number of carbonyl (C=O) groups is 1. The van der Waals surface area contributed by atoms with E-state index in [0.29, 0.717) is 0 Å². The molecule has 0 heterocycles. The van der Waals surface area contributed by atoms with Gasteiger partial charge in [-0.2, -0.15) is 0 Å². The lowest BCUT2D eigenvalue weighted by molar-refractivity contribution is 0.250. The Bertz CT molecular complexity index is 483. The number of nitrogens with one attached hydrogen (secondary N) is 2. The molecule has 0 saturated heterocycles. The topological polar surface area (TPSA) is 41.1 Å². The first-order valence-electron chi connectivity index (χ1n) is 6.72. The Kier molecular flexibility index (Phi) is 6.90. The van der Waals surface area contributed by atoms with E-state index in [4.69, 9.17) is 0 Å². The molecule has 0 aliphatic heterocycles. The third kappa shape index (κ3) is 6.59. The first-order valence-corrected chi connectivity index (χ1v) is 6.72. The molecule has 0 atom stereocenters. The van der Waals surface area contributed by atoms with Gasteiger partial charge in [0.1, 0.15) is 0 Å². The van der Waals surface area contributed by atoms with E-state index in [1.807, 2.05) is 81.4 Å². The van der Waals surface area contributed by atoms with Crippen LogP contribution in [0.25, 0.3) is 0 Å². The number of carbonyl (C=O) groups excluding carboxylic acids is 1. The number of hydrogen-bond donors (Lipinski definition) is 2. The summed E-state index contributed by atoms with van der Waals surface area (Å²) in [4.78, 5) is 11.4. The highest BCUT2D eigenvalue weighted by Crippen LogP contribution is 2.12. The van der Waals surface area contributed by atoms with Crippen molar-refractivity contribution in [3.63, 3.8) is 0 Å². The molecule has 0 fully saturated rings. The van der Waals surface area contributed by atoms with E-state index in [2.05, 4.69) is 10.6 Å². The van der Waals surface area contributed by atoms with Gasteiger partial charge in [-0.15, -0.1) is 0 Å². The molecule has 2 N–H and O–H groups in total. The van der Waals surface area contributed by atoms with Gasteiger partial charge in [0.2, 0.25) is 0 Å². The highest BCUT2D eigenvalue weighted by Gasteiger charge is 2.03. The molecule has 0 aromatic heterocycles. The normalized spacial score (nSPS) is 9.40. The molecule has 3 heteroatoms. The molecule has 2 aromatic rings. The molecule has 2 aromatic carbocycles. The Morgan fingerprint density at radius 1 is 0.900 bits per heavy atom. The van der Waals surface area contributed by atoms with E-state index >= 15 is 0 Å². The average molecular weight is 270 g/mol. The summed E-state index contributed by atoms with van der Waals surface area (Å²) in [6, 6.07) is 19.7. The lowest BCUT2D eigenvalue weighted by Crippen LogP contribution is -2.34. The second-order valence-electron chi connectivity index (χ2n) is 4.72. The van der Waals surface area contributed by atoms with Crippen LogP contribution in [0.1, 0.15) is 19.4 Å². The number of anilines is 1. The van der Waals surface area contributed by atoms with E-state index in [-0.39, 0.29) is 12.1 Å². The SMILES string of the molecule is Cc1ccccc1NC(=O)NC(C)C.c1ccccc1. The van der Waals surface area contributed by atoms with Gasteiger partial charge in [-0.1, -0.05) is 54.6 Å². The van der Waals surface area contributed by atoms with Crippen molar-refractivity contribution in [2.45, 2.75) is 26.8 Å². The third-order valence-electron chi connectivity index (χ3n) is 2.48. The van der Waals surface area contributed by atoms with Crippen molar-refractivity contribution in [1.82, 2.24) is 5.32 Å². The Labute approximate surface area is 121 Å². The number of hydrogen-bond acceptors (Lipinski definition) is 1. The highest BCUT2D eigenvalue weighted by molar-refractivity contribution is 5.90. The minimum Gasteiger partial charge on any atom is -0.336 e. The van der Waals surface area contributed by atoms with Crippen molar-refractivity contribution in [2.24, 2.45) is 0 Å². The second kappa shape index (κ2) is 8.75. The van der Waals surface area contributed by atoms with E-state index in [1.165, 1.54) is 0 Å². The molecule has 2 rings (SSSR count). The fraction of sp³-hybridized carbons (Fsp3) is 0.235. The summed E-state index contributed by atoms with van der Waals surface area (Å²) >= 11 is 0. The maximum absolute atomic E-state index is 11.4. The van der Waals surface area contributed by atoms with Crippen LogP contribution in [0.5, 0.6) is 0 Å². The van der Waals surface area contributed by atoms with Gasteiger partial charge >= 0.3 is 6.03 Å². The van der Waals surface area contributed by atoms with Gasteiger partial charge in [0.05, 0.1) is 0 Å². The molecule has 0 radical (unpaired) electrons. The molecule has 0 bridgehead atoms. The van der Waals surface area contributed by atoms with Crippen LogP contribution in [0.15, 0.2) is 60.7 Å². The molecule has 3 nitrogen and oxygen atoms in total. The fourth-order valence-corrected chi connectivity index (χ4v) is 1.52. The molecule has 2 amide bonds. The summed E-state index contributed by atoms with van der Waals surface area (Å²) in [5.74, 6) is 0. The lowest BCUT2D eigenvalue weighted by Gasteiger charge is -2.11. The first-order chi connectivity index (χ1) is 9.59. The largest absolute Gasteiger partial charge is 0.336 e. The number of para-hydroxylation sites is 1. The Hall–Kier alpha value is -2.29. The predicted octanol–water partition coefficient (Wildman–Crippen LogP) is 4.21. The summed E-state index contributed by atoms with van der Waals surface area (Å²) in [7, 11) is 0. The van der Waals surface area contributed by atoms with Gasteiger partial charge in [0.15, 0.2) is 0 Å². The molecule has 0 saturated carbocycles. The van der Waals surface area contributed by atoms with Crippen LogP contribution in [0.3, 0.4) is 0 Å². The lowest BCUT2D eigenvalue weighted by atomic mass is 10.2. The standard InChI is InChI=1S/C11H16N2O.C6H6/c1-8(2)12-11(14)13-10-7-5-4-6-9(10)3;1-2-4-6-5-3-1/h4-8H,1-3H3,(H2,12,13,14);1-6H. The number of aryl methyl sites for hydroxylation is 1. The van der Waals surface area contributed by atoms with Crippen LogP contribution in [0.4, 0.5) is 10.5 Å². The van der Waals surface area contributed by atoms with Gasteiger partial charge < -0.3 is 10.6 Å². The Morgan fingerprint density at radius 2 is 1.40 bits per heavy atom. The summed E-state index contributed by atoms with van der Waals surface area (Å²) in [5, 5.41) is 5.56. The quantitative estimate of drug-likeness (QED) is 0.843. The predicted molar refractivity (Wildman–Crippen MR) is 84.9 cm³/mol. The molecular formula is C17H22N2O. The molecule has 0 unspecified atom stereocenters. The van der Waals surface area contributed by atoms with Gasteiger partial charge in [-0.3, -0.25) is 0 Å². The minimum atomic E-state index is -0.158. The Balaban J connectivity index is 0.000000276. The van der Waals surface area contributed by atoms with Crippen LogP contribution in [0.2, 0.25) is 0 Å². The molecule has 106 valence electrons. The van der Waals surface area contributed by atoms with E-state index < -0.39 is 0 Å². The third-order valence-corrected chi connectivity index (χ3v) is 2.48. The van der Waals surface area contributed by atoms with Crippen molar-refractivity contribution in [3.8, 4) is 0 Å². The molecule has 0 spiro atoms. The summed E-state index contributed by atoms with van der Waals surface area (Å²) in [5.41, 5.74) is 1.91. The van der Waals surface area contributed by atoms with E-state index in [0.717, 1.165) is 11.3 Å². The van der Waals surface area contributed by atoms with Gasteiger partial charge in [-0.25, -0.2) is 4.79 Å². The number of amides is 2. The maximum atomic E-state index is 11.4. The zero-order valence-corrected chi connectivity index (χ0v) is 12.3. The monoisotopic (exact) mass is 270 g/mol. The van der Waals surface area contributed by atoms with Crippen LogP contribution in [-0.4, -0.2) is 12.1 Å². The second-order valence-corrected chi connectivity index (χ2v) is 4.72. The Morgan fingerprint density at radius 3 is 1.85 bits per heavy atom. The molecule has 0 aliphatic rings.